The summed E-state index contributed by atoms with van der Waals surface area (Å²) >= 11 is 0. The molecule has 4 nitrogen and oxygen atoms in total. The van der Waals surface area contributed by atoms with Crippen LogP contribution in [-0.4, -0.2) is 61.0 Å². The van der Waals surface area contributed by atoms with Gasteiger partial charge in [-0.25, -0.2) is 0 Å². The van der Waals surface area contributed by atoms with Crippen molar-refractivity contribution in [3.63, 3.8) is 0 Å². The van der Waals surface area contributed by atoms with Gasteiger partial charge in [-0.2, -0.15) is 0 Å². The summed E-state index contributed by atoms with van der Waals surface area (Å²) in [4.78, 5) is 15.9. The van der Waals surface area contributed by atoms with Crippen molar-refractivity contribution in [2.75, 3.05) is 39.3 Å². The molecule has 1 atom stereocenters. The Kier molecular flexibility index (Phi) is 3.59. The summed E-state index contributed by atoms with van der Waals surface area (Å²) < 4.78 is 0. The summed E-state index contributed by atoms with van der Waals surface area (Å²) in [6.07, 6.45) is 1.81. The smallest absolute Gasteiger partial charge is 0.222 e. The number of amides is 1. The van der Waals surface area contributed by atoms with Crippen LogP contribution >= 0.6 is 0 Å². The third-order valence-corrected chi connectivity index (χ3v) is 3.47. The zero-order valence-electron chi connectivity index (χ0n) is 9.54. The van der Waals surface area contributed by atoms with Crippen LogP contribution < -0.4 is 5.32 Å². The van der Waals surface area contributed by atoms with Crippen molar-refractivity contribution in [2.24, 2.45) is 0 Å². The Morgan fingerprint density at radius 3 is 2.93 bits per heavy atom. The molecule has 0 aromatic heterocycles. The molecular weight excluding hydrogens is 190 g/mol. The first-order valence-electron chi connectivity index (χ1n) is 6.00. The SMILES string of the molecule is C[C@H]1CNCCN1CCN1CCCC1=O. The van der Waals surface area contributed by atoms with Crippen molar-refractivity contribution in [3.05, 3.63) is 0 Å². The molecule has 0 aromatic rings. The minimum Gasteiger partial charge on any atom is -0.341 e. The molecule has 1 N–H and O–H groups in total. The van der Waals surface area contributed by atoms with Crippen LogP contribution in [0.15, 0.2) is 0 Å². The van der Waals surface area contributed by atoms with Crippen LogP contribution in [0.4, 0.5) is 0 Å². The number of hydrogen-bond donors (Lipinski definition) is 1. The summed E-state index contributed by atoms with van der Waals surface area (Å²) in [5, 5.41) is 3.38. The van der Waals surface area contributed by atoms with Gasteiger partial charge in [0.15, 0.2) is 0 Å². The third-order valence-electron chi connectivity index (χ3n) is 3.47. The van der Waals surface area contributed by atoms with E-state index in [0.29, 0.717) is 11.9 Å². The van der Waals surface area contributed by atoms with Crippen LogP contribution in [0.1, 0.15) is 19.8 Å². The second kappa shape index (κ2) is 4.94. The van der Waals surface area contributed by atoms with Crippen LogP contribution in [0.5, 0.6) is 0 Å². The van der Waals surface area contributed by atoms with Crippen LogP contribution in [0.2, 0.25) is 0 Å². The third kappa shape index (κ3) is 2.69. The molecule has 86 valence electrons. The predicted octanol–water partition coefficient (Wildman–Crippen LogP) is -0.0975. The molecule has 2 fully saturated rings. The maximum absolute atomic E-state index is 11.4. The normalized spacial score (nSPS) is 28.7. The zero-order chi connectivity index (χ0) is 10.7. The molecule has 2 rings (SSSR count). The van der Waals surface area contributed by atoms with Gasteiger partial charge in [0.1, 0.15) is 0 Å². The minimum atomic E-state index is 0.345. The van der Waals surface area contributed by atoms with E-state index in [0.717, 1.165) is 52.1 Å². The quantitative estimate of drug-likeness (QED) is 0.708. The number of piperazine rings is 1. The lowest BCUT2D eigenvalue weighted by atomic mass is 10.2. The van der Waals surface area contributed by atoms with Gasteiger partial charge in [0.05, 0.1) is 0 Å². The fraction of sp³-hybridized carbons (Fsp3) is 0.909. The van der Waals surface area contributed by atoms with E-state index in [2.05, 4.69) is 17.1 Å². The highest BCUT2D eigenvalue weighted by Gasteiger charge is 2.22. The van der Waals surface area contributed by atoms with Gasteiger partial charge >= 0.3 is 0 Å². The van der Waals surface area contributed by atoms with Crippen molar-refractivity contribution in [2.45, 2.75) is 25.8 Å². The van der Waals surface area contributed by atoms with Crippen molar-refractivity contribution < 1.29 is 4.79 Å². The average molecular weight is 211 g/mol. The Balaban J connectivity index is 1.74. The fourth-order valence-electron chi connectivity index (χ4n) is 2.40. The summed E-state index contributed by atoms with van der Waals surface area (Å²) in [5.41, 5.74) is 0. The lowest BCUT2D eigenvalue weighted by Crippen LogP contribution is -2.51. The number of nitrogens with one attached hydrogen (secondary N) is 1. The molecule has 1 amide bonds. The molecular formula is C11H21N3O. The van der Waals surface area contributed by atoms with Gasteiger partial charge in [-0.1, -0.05) is 0 Å². The largest absolute Gasteiger partial charge is 0.341 e. The topological polar surface area (TPSA) is 35.6 Å². The Morgan fingerprint density at radius 2 is 2.27 bits per heavy atom. The highest BCUT2D eigenvalue weighted by Crippen LogP contribution is 2.10. The minimum absolute atomic E-state index is 0.345. The fourth-order valence-corrected chi connectivity index (χ4v) is 2.40. The molecule has 0 aliphatic carbocycles. The van der Waals surface area contributed by atoms with Crippen molar-refractivity contribution in [1.29, 1.82) is 0 Å². The highest BCUT2D eigenvalue weighted by molar-refractivity contribution is 5.78. The van der Waals surface area contributed by atoms with Crippen LogP contribution in [0, 0.1) is 0 Å². The maximum atomic E-state index is 11.4. The Hall–Kier alpha value is -0.610. The van der Waals surface area contributed by atoms with Gasteiger partial charge in [-0.15, -0.1) is 0 Å². The van der Waals surface area contributed by atoms with Crippen LogP contribution in [0.25, 0.3) is 0 Å². The molecule has 0 aromatic carbocycles. The number of nitrogens with zero attached hydrogens (tertiary/aromatic N) is 2. The number of rotatable bonds is 3. The van der Waals surface area contributed by atoms with E-state index in [1.807, 2.05) is 4.90 Å². The molecule has 0 unspecified atom stereocenters. The second-order valence-corrected chi connectivity index (χ2v) is 4.57. The van der Waals surface area contributed by atoms with Crippen LogP contribution in [0.3, 0.4) is 0 Å². The van der Waals surface area contributed by atoms with Crippen LogP contribution in [-0.2, 0) is 4.79 Å². The number of hydrogen-bond acceptors (Lipinski definition) is 3. The number of carbonyl (C=O) groups is 1. The Bertz CT molecular complexity index is 232. The molecule has 4 heteroatoms. The van der Waals surface area contributed by atoms with Crippen molar-refractivity contribution >= 4 is 5.91 Å². The summed E-state index contributed by atoms with van der Waals surface area (Å²) in [6, 6.07) is 0.608. The van der Waals surface area contributed by atoms with Crippen molar-refractivity contribution in [3.8, 4) is 0 Å². The van der Waals surface area contributed by atoms with E-state index in [1.54, 1.807) is 0 Å². The van der Waals surface area contributed by atoms with E-state index in [9.17, 15) is 4.79 Å². The van der Waals surface area contributed by atoms with Gasteiger partial charge in [-0.3, -0.25) is 9.69 Å². The molecule has 0 spiro atoms. The average Bonchev–Trinajstić information content (AvgIpc) is 2.63. The Morgan fingerprint density at radius 1 is 1.40 bits per heavy atom. The molecule has 0 radical (unpaired) electrons. The zero-order valence-corrected chi connectivity index (χ0v) is 9.54. The molecule has 2 heterocycles. The molecule has 0 bridgehead atoms. The molecule has 2 saturated heterocycles. The van der Waals surface area contributed by atoms with E-state index in [1.165, 1.54) is 0 Å². The molecule has 2 aliphatic rings. The van der Waals surface area contributed by atoms with Gasteiger partial charge in [0.25, 0.3) is 0 Å². The summed E-state index contributed by atoms with van der Waals surface area (Å²) in [6.45, 7) is 8.45. The van der Waals surface area contributed by atoms with E-state index >= 15 is 0 Å². The standard InChI is InChI=1S/C11H21N3O/c1-10-9-12-4-6-13(10)7-8-14-5-2-3-11(14)15/h10,12H,2-9H2,1H3/t10-/m0/s1. The monoisotopic (exact) mass is 211 g/mol. The first-order chi connectivity index (χ1) is 7.27. The van der Waals surface area contributed by atoms with Gasteiger partial charge < -0.3 is 10.2 Å². The molecule has 2 aliphatic heterocycles. The lowest BCUT2D eigenvalue weighted by Gasteiger charge is -2.34. The maximum Gasteiger partial charge on any atom is 0.222 e. The summed E-state index contributed by atoms with van der Waals surface area (Å²) in [5.74, 6) is 0.345. The van der Waals surface area contributed by atoms with Gasteiger partial charge in [0, 0.05) is 51.7 Å². The predicted molar refractivity (Wildman–Crippen MR) is 59.7 cm³/mol. The Labute approximate surface area is 91.6 Å². The summed E-state index contributed by atoms with van der Waals surface area (Å²) in [7, 11) is 0. The van der Waals surface area contributed by atoms with E-state index in [4.69, 9.17) is 0 Å². The molecule has 0 saturated carbocycles. The van der Waals surface area contributed by atoms with E-state index < -0.39 is 0 Å². The number of carbonyl (C=O) groups excluding carboxylic acids is 1. The van der Waals surface area contributed by atoms with E-state index in [-0.39, 0.29) is 0 Å². The number of likely N-dealkylation sites (tertiary alicyclic amines) is 1. The van der Waals surface area contributed by atoms with Crippen molar-refractivity contribution in [1.82, 2.24) is 15.1 Å². The van der Waals surface area contributed by atoms with Gasteiger partial charge in [-0.05, 0) is 13.3 Å². The van der Waals surface area contributed by atoms with Gasteiger partial charge in [0.2, 0.25) is 5.91 Å². The second-order valence-electron chi connectivity index (χ2n) is 4.57. The lowest BCUT2D eigenvalue weighted by molar-refractivity contribution is -0.127. The molecule has 15 heavy (non-hydrogen) atoms. The highest BCUT2D eigenvalue weighted by atomic mass is 16.2. The first-order valence-corrected chi connectivity index (χ1v) is 6.00. The first kappa shape index (κ1) is 10.9.